The Kier molecular flexibility index (Phi) is 5.92. The molecule has 3 heterocycles. The lowest BCUT2D eigenvalue weighted by Crippen LogP contribution is -2.38. The van der Waals surface area contributed by atoms with Crippen LogP contribution in [0.15, 0.2) is 0 Å². The van der Waals surface area contributed by atoms with Gasteiger partial charge in [-0.15, -0.1) is 12.4 Å². The van der Waals surface area contributed by atoms with E-state index in [2.05, 4.69) is 35.8 Å². The normalized spacial score (nSPS) is 21.2. The minimum absolute atomic E-state index is 0. The first-order valence-corrected chi connectivity index (χ1v) is 8.64. The number of aryl methyl sites for hydroxylation is 2. The highest BCUT2D eigenvalue weighted by Gasteiger charge is 2.39. The Morgan fingerprint density at radius 2 is 1.86 bits per heavy atom. The van der Waals surface area contributed by atoms with Gasteiger partial charge in [-0.05, 0) is 57.2 Å². The third kappa shape index (κ3) is 3.34. The second kappa shape index (κ2) is 7.33. The molecule has 1 N–H and O–H groups in total. The van der Waals surface area contributed by atoms with E-state index in [0.717, 1.165) is 19.4 Å². The third-order valence-corrected chi connectivity index (χ3v) is 5.59. The number of rotatable bonds is 4. The van der Waals surface area contributed by atoms with Crippen LogP contribution in [0.5, 0.6) is 0 Å². The van der Waals surface area contributed by atoms with Crippen molar-refractivity contribution in [3.05, 3.63) is 17.0 Å². The monoisotopic (exact) mass is 326 g/mol. The van der Waals surface area contributed by atoms with E-state index < -0.39 is 0 Å². The van der Waals surface area contributed by atoms with Crippen molar-refractivity contribution in [3.8, 4) is 0 Å². The Morgan fingerprint density at radius 3 is 2.50 bits per heavy atom. The average Bonchev–Trinajstić information content (AvgIpc) is 3.01. The minimum atomic E-state index is 0. The molecule has 2 aliphatic heterocycles. The highest BCUT2D eigenvalue weighted by atomic mass is 35.5. The van der Waals surface area contributed by atoms with Crippen molar-refractivity contribution in [3.63, 3.8) is 0 Å². The van der Waals surface area contributed by atoms with Crippen LogP contribution in [0.3, 0.4) is 0 Å². The average molecular weight is 327 g/mol. The SMILES string of the molecule is CCc1nn(C)c(CC)c1CN1CCC2(CCNCC2)C1.Cl. The van der Waals surface area contributed by atoms with Gasteiger partial charge in [-0.25, -0.2) is 0 Å². The van der Waals surface area contributed by atoms with Gasteiger partial charge in [-0.3, -0.25) is 9.58 Å². The van der Waals surface area contributed by atoms with Crippen LogP contribution in [0.25, 0.3) is 0 Å². The molecule has 1 spiro atoms. The summed E-state index contributed by atoms with van der Waals surface area (Å²) in [5.74, 6) is 0. The summed E-state index contributed by atoms with van der Waals surface area (Å²) < 4.78 is 2.10. The third-order valence-electron chi connectivity index (χ3n) is 5.59. The summed E-state index contributed by atoms with van der Waals surface area (Å²) in [6.45, 7) is 10.6. The molecule has 0 aromatic carbocycles. The van der Waals surface area contributed by atoms with Gasteiger partial charge in [0.1, 0.15) is 0 Å². The van der Waals surface area contributed by atoms with Crippen LogP contribution in [0.4, 0.5) is 0 Å². The number of nitrogens with zero attached hydrogens (tertiary/aromatic N) is 3. The smallest absolute Gasteiger partial charge is 0.0669 e. The Morgan fingerprint density at radius 1 is 1.14 bits per heavy atom. The van der Waals surface area contributed by atoms with Gasteiger partial charge in [-0.2, -0.15) is 5.10 Å². The molecule has 126 valence electrons. The summed E-state index contributed by atoms with van der Waals surface area (Å²) in [4.78, 5) is 2.68. The van der Waals surface area contributed by atoms with Gasteiger partial charge in [0.25, 0.3) is 0 Å². The molecule has 2 aliphatic rings. The lowest BCUT2D eigenvalue weighted by molar-refractivity contribution is 0.193. The Labute approximate surface area is 141 Å². The van der Waals surface area contributed by atoms with Crippen molar-refractivity contribution in [2.45, 2.75) is 52.5 Å². The highest BCUT2D eigenvalue weighted by molar-refractivity contribution is 5.85. The van der Waals surface area contributed by atoms with E-state index in [4.69, 9.17) is 5.10 Å². The van der Waals surface area contributed by atoms with E-state index in [1.165, 1.54) is 62.4 Å². The number of halogens is 1. The molecule has 1 aromatic heterocycles. The lowest BCUT2D eigenvalue weighted by atomic mass is 9.78. The number of hydrogen-bond donors (Lipinski definition) is 1. The molecule has 0 saturated carbocycles. The minimum Gasteiger partial charge on any atom is -0.317 e. The Hall–Kier alpha value is -0.580. The van der Waals surface area contributed by atoms with Crippen LogP contribution in [0, 0.1) is 5.41 Å². The molecule has 3 rings (SSSR count). The van der Waals surface area contributed by atoms with E-state index in [-0.39, 0.29) is 12.4 Å². The molecular formula is C17H31ClN4. The molecule has 0 radical (unpaired) electrons. The van der Waals surface area contributed by atoms with E-state index in [0.29, 0.717) is 5.41 Å². The van der Waals surface area contributed by atoms with Gasteiger partial charge < -0.3 is 5.32 Å². The van der Waals surface area contributed by atoms with Gasteiger partial charge in [0.2, 0.25) is 0 Å². The standard InChI is InChI=1S/C17H30N4.ClH/c1-4-15-14(16(5-2)20(3)19-15)12-21-11-8-17(13-21)6-9-18-10-7-17;/h18H,4-13H2,1-3H3;1H. The number of hydrogen-bond acceptors (Lipinski definition) is 3. The Balaban J connectivity index is 0.00000176. The van der Waals surface area contributed by atoms with Gasteiger partial charge in [0, 0.05) is 31.4 Å². The van der Waals surface area contributed by atoms with Gasteiger partial charge in [0.15, 0.2) is 0 Å². The maximum atomic E-state index is 4.73. The van der Waals surface area contributed by atoms with Crippen LogP contribution in [0.1, 0.15) is 50.1 Å². The fourth-order valence-electron chi connectivity index (χ4n) is 4.32. The van der Waals surface area contributed by atoms with Crippen molar-refractivity contribution >= 4 is 12.4 Å². The topological polar surface area (TPSA) is 33.1 Å². The molecule has 4 nitrogen and oxygen atoms in total. The zero-order valence-corrected chi connectivity index (χ0v) is 15.1. The number of likely N-dealkylation sites (tertiary alicyclic amines) is 1. The molecule has 0 unspecified atom stereocenters. The number of nitrogens with one attached hydrogen (secondary N) is 1. The van der Waals surface area contributed by atoms with Crippen LogP contribution in [0.2, 0.25) is 0 Å². The highest BCUT2D eigenvalue weighted by Crippen LogP contribution is 2.39. The van der Waals surface area contributed by atoms with Crippen molar-refractivity contribution in [2.24, 2.45) is 12.5 Å². The van der Waals surface area contributed by atoms with E-state index in [9.17, 15) is 0 Å². The van der Waals surface area contributed by atoms with Crippen LogP contribution >= 0.6 is 12.4 Å². The lowest BCUT2D eigenvalue weighted by Gasteiger charge is -2.34. The van der Waals surface area contributed by atoms with E-state index >= 15 is 0 Å². The van der Waals surface area contributed by atoms with Crippen molar-refractivity contribution in [2.75, 3.05) is 26.2 Å². The summed E-state index contributed by atoms with van der Waals surface area (Å²) in [6.07, 6.45) is 6.24. The van der Waals surface area contributed by atoms with Crippen LogP contribution in [-0.4, -0.2) is 40.9 Å². The molecule has 1 aromatic rings. The molecule has 0 amide bonds. The summed E-state index contributed by atoms with van der Waals surface area (Å²) in [5.41, 5.74) is 4.85. The molecular weight excluding hydrogens is 296 g/mol. The Bertz CT molecular complexity index is 491. The largest absolute Gasteiger partial charge is 0.317 e. The van der Waals surface area contributed by atoms with Crippen molar-refractivity contribution in [1.29, 1.82) is 0 Å². The molecule has 2 saturated heterocycles. The summed E-state index contributed by atoms with van der Waals surface area (Å²) in [5, 5.41) is 8.23. The predicted octanol–water partition coefficient (Wildman–Crippen LogP) is 2.54. The van der Waals surface area contributed by atoms with Crippen molar-refractivity contribution < 1.29 is 0 Å². The second-order valence-corrected chi connectivity index (χ2v) is 6.91. The molecule has 0 atom stereocenters. The zero-order valence-electron chi connectivity index (χ0n) is 14.3. The van der Waals surface area contributed by atoms with Gasteiger partial charge >= 0.3 is 0 Å². The predicted molar refractivity (Wildman–Crippen MR) is 93.6 cm³/mol. The first-order chi connectivity index (χ1) is 10.2. The van der Waals surface area contributed by atoms with Crippen LogP contribution < -0.4 is 5.32 Å². The van der Waals surface area contributed by atoms with E-state index in [1.807, 2.05) is 0 Å². The summed E-state index contributed by atoms with van der Waals surface area (Å²) in [7, 11) is 2.10. The summed E-state index contributed by atoms with van der Waals surface area (Å²) in [6, 6.07) is 0. The van der Waals surface area contributed by atoms with E-state index in [1.54, 1.807) is 0 Å². The molecule has 5 heteroatoms. The fourth-order valence-corrected chi connectivity index (χ4v) is 4.32. The number of piperidine rings is 1. The van der Waals surface area contributed by atoms with Crippen molar-refractivity contribution in [1.82, 2.24) is 20.0 Å². The fraction of sp³-hybridized carbons (Fsp3) is 0.824. The molecule has 2 fully saturated rings. The molecule has 0 aliphatic carbocycles. The number of aromatic nitrogens is 2. The molecule has 22 heavy (non-hydrogen) atoms. The summed E-state index contributed by atoms with van der Waals surface area (Å²) >= 11 is 0. The zero-order chi connectivity index (χ0) is 14.9. The van der Waals surface area contributed by atoms with Gasteiger partial charge in [0.05, 0.1) is 5.69 Å². The quantitative estimate of drug-likeness (QED) is 0.923. The maximum absolute atomic E-state index is 4.73. The first-order valence-electron chi connectivity index (χ1n) is 8.64. The second-order valence-electron chi connectivity index (χ2n) is 6.91. The first kappa shape index (κ1) is 17.8. The maximum Gasteiger partial charge on any atom is 0.0669 e. The van der Waals surface area contributed by atoms with Gasteiger partial charge in [-0.1, -0.05) is 13.8 Å². The molecule has 0 bridgehead atoms. The van der Waals surface area contributed by atoms with Crippen LogP contribution in [-0.2, 0) is 26.4 Å².